The Bertz CT molecular complexity index is 1010. The first-order chi connectivity index (χ1) is 11.7. The summed E-state index contributed by atoms with van der Waals surface area (Å²) in [7, 11) is 1.58. The van der Waals surface area contributed by atoms with Crippen molar-refractivity contribution in [1.82, 2.24) is 4.98 Å². The Labute approximate surface area is 138 Å². The SMILES string of the molecule is COc1cccc2c1OC(N)=C(C#N)[C@H]2c1c[nH]c2ccccc12. The number of H-pyrrole nitrogens is 1. The lowest BCUT2D eigenvalue weighted by Crippen LogP contribution is -2.21. The van der Waals surface area contributed by atoms with E-state index in [0.29, 0.717) is 17.1 Å². The van der Waals surface area contributed by atoms with Gasteiger partial charge >= 0.3 is 0 Å². The molecule has 4 rings (SSSR count). The van der Waals surface area contributed by atoms with Gasteiger partial charge in [0.2, 0.25) is 5.88 Å². The molecule has 2 aromatic carbocycles. The number of nitrogens with zero attached hydrogens (tertiary/aromatic N) is 1. The zero-order valence-corrected chi connectivity index (χ0v) is 13.0. The van der Waals surface area contributed by atoms with Crippen molar-refractivity contribution in [2.24, 2.45) is 5.73 Å². The van der Waals surface area contributed by atoms with E-state index in [4.69, 9.17) is 15.2 Å². The number of fused-ring (bicyclic) bond motifs is 2. The first kappa shape index (κ1) is 14.2. The third-order valence-electron chi connectivity index (χ3n) is 4.36. The van der Waals surface area contributed by atoms with Crippen LogP contribution in [0.5, 0.6) is 11.5 Å². The van der Waals surface area contributed by atoms with Crippen LogP contribution in [0.4, 0.5) is 0 Å². The summed E-state index contributed by atoms with van der Waals surface area (Å²) in [6, 6.07) is 15.8. The van der Waals surface area contributed by atoms with Crippen molar-refractivity contribution < 1.29 is 9.47 Å². The number of aromatic nitrogens is 1. The van der Waals surface area contributed by atoms with Gasteiger partial charge in [-0.25, -0.2) is 0 Å². The molecule has 0 saturated carbocycles. The maximum atomic E-state index is 9.65. The number of nitriles is 1. The van der Waals surface area contributed by atoms with Crippen molar-refractivity contribution >= 4 is 10.9 Å². The van der Waals surface area contributed by atoms with Crippen LogP contribution >= 0.6 is 0 Å². The molecule has 0 unspecified atom stereocenters. The molecule has 1 atom stereocenters. The van der Waals surface area contributed by atoms with Gasteiger partial charge in [0, 0.05) is 22.7 Å². The standard InChI is InChI=1S/C19H15N3O2/c1-23-16-8-4-6-12-17(13(9-20)19(21)24-18(12)16)14-10-22-15-7-3-2-5-11(14)15/h2-8,10,17,22H,21H2,1H3/t17-/m0/s1. The summed E-state index contributed by atoms with van der Waals surface area (Å²) in [6.07, 6.45) is 1.93. The fraction of sp³-hybridized carbons (Fsp3) is 0.105. The number of nitrogens with one attached hydrogen (secondary N) is 1. The molecule has 0 radical (unpaired) electrons. The number of hydrogen-bond donors (Lipinski definition) is 2. The number of ether oxygens (including phenoxy) is 2. The molecule has 2 heterocycles. The monoisotopic (exact) mass is 317 g/mol. The average Bonchev–Trinajstić information content (AvgIpc) is 3.04. The zero-order chi connectivity index (χ0) is 16.7. The number of aromatic amines is 1. The summed E-state index contributed by atoms with van der Waals surface area (Å²) < 4.78 is 11.1. The molecule has 1 aromatic heterocycles. The molecule has 5 nitrogen and oxygen atoms in total. The maximum absolute atomic E-state index is 9.65. The molecule has 1 aliphatic rings. The molecule has 0 fully saturated rings. The number of benzene rings is 2. The second-order valence-electron chi connectivity index (χ2n) is 5.59. The van der Waals surface area contributed by atoms with Crippen molar-refractivity contribution in [3.8, 4) is 17.6 Å². The van der Waals surface area contributed by atoms with Gasteiger partial charge in [0.1, 0.15) is 11.6 Å². The summed E-state index contributed by atoms with van der Waals surface area (Å²) >= 11 is 0. The van der Waals surface area contributed by atoms with Crippen LogP contribution < -0.4 is 15.2 Å². The lowest BCUT2D eigenvalue weighted by Gasteiger charge is -2.27. The van der Waals surface area contributed by atoms with Gasteiger partial charge in [0.25, 0.3) is 0 Å². The predicted octanol–water partition coefficient (Wildman–Crippen LogP) is 3.39. The number of allylic oxidation sites excluding steroid dienone is 1. The lowest BCUT2D eigenvalue weighted by atomic mass is 9.83. The predicted molar refractivity (Wildman–Crippen MR) is 90.6 cm³/mol. The molecule has 3 N–H and O–H groups in total. The molecular formula is C19H15N3O2. The maximum Gasteiger partial charge on any atom is 0.205 e. The molecule has 1 aliphatic heterocycles. The Hall–Kier alpha value is -3.39. The number of hydrogen-bond acceptors (Lipinski definition) is 4. The summed E-state index contributed by atoms with van der Waals surface area (Å²) in [5, 5.41) is 10.7. The molecule has 0 amide bonds. The molecule has 0 saturated heterocycles. The van der Waals surface area contributed by atoms with E-state index < -0.39 is 0 Å². The summed E-state index contributed by atoms with van der Waals surface area (Å²) in [5.74, 6) is 0.971. The van der Waals surface area contributed by atoms with Crippen molar-refractivity contribution in [1.29, 1.82) is 5.26 Å². The van der Waals surface area contributed by atoms with Gasteiger partial charge < -0.3 is 20.2 Å². The van der Waals surface area contributed by atoms with Crippen molar-refractivity contribution in [2.45, 2.75) is 5.92 Å². The van der Waals surface area contributed by atoms with Crippen LogP contribution in [0.2, 0.25) is 0 Å². The molecule has 5 heteroatoms. The zero-order valence-electron chi connectivity index (χ0n) is 13.0. The van der Waals surface area contributed by atoms with Crippen LogP contribution in [-0.4, -0.2) is 12.1 Å². The molecule has 0 aliphatic carbocycles. The van der Waals surface area contributed by atoms with Gasteiger partial charge in [-0.05, 0) is 17.7 Å². The normalized spacial score (nSPS) is 16.4. The van der Waals surface area contributed by atoms with Crippen LogP contribution in [0.1, 0.15) is 17.0 Å². The van der Waals surface area contributed by atoms with Crippen LogP contribution in [-0.2, 0) is 0 Å². The molecule has 0 bridgehead atoms. The topological polar surface area (TPSA) is 84.1 Å². The van der Waals surface area contributed by atoms with Gasteiger partial charge in [-0.3, -0.25) is 0 Å². The number of rotatable bonds is 2. The Morgan fingerprint density at radius 1 is 1.17 bits per heavy atom. The van der Waals surface area contributed by atoms with Crippen molar-refractivity contribution in [2.75, 3.05) is 7.11 Å². The molecule has 118 valence electrons. The minimum atomic E-state index is -0.301. The second kappa shape index (κ2) is 5.36. The Morgan fingerprint density at radius 3 is 2.79 bits per heavy atom. The smallest absolute Gasteiger partial charge is 0.205 e. The Balaban J connectivity index is 2.02. The van der Waals surface area contributed by atoms with E-state index in [9.17, 15) is 5.26 Å². The third-order valence-corrected chi connectivity index (χ3v) is 4.36. The highest BCUT2D eigenvalue weighted by molar-refractivity contribution is 5.85. The minimum Gasteiger partial charge on any atom is -0.493 e. The van der Waals surface area contributed by atoms with E-state index in [1.54, 1.807) is 7.11 Å². The van der Waals surface area contributed by atoms with E-state index in [1.807, 2.05) is 48.7 Å². The fourth-order valence-electron chi connectivity index (χ4n) is 3.27. The highest BCUT2D eigenvalue weighted by Crippen LogP contribution is 2.47. The highest BCUT2D eigenvalue weighted by atomic mass is 16.5. The van der Waals surface area contributed by atoms with Crippen LogP contribution in [0.3, 0.4) is 0 Å². The van der Waals surface area contributed by atoms with E-state index in [1.165, 1.54) is 0 Å². The number of methoxy groups -OCH3 is 1. The number of para-hydroxylation sites is 2. The number of nitrogens with two attached hydrogens (primary N) is 1. The van der Waals surface area contributed by atoms with E-state index >= 15 is 0 Å². The summed E-state index contributed by atoms with van der Waals surface area (Å²) in [5.41, 5.74) is 9.31. The average molecular weight is 317 g/mol. The lowest BCUT2D eigenvalue weighted by molar-refractivity contribution is 0.344. The van der Waals surface area contributed by atoms with Crippen molar-refractivity contribution in [3.63, 3.8) is 0 Å². The summed E-state index contributed by atoms with van der Waals surface area (Å²) in [4.78, 5) is 3.26. The quantitative estimate of drug-likeness (QED) is 0.758. The third kappa shape index (κ3) is 1.94. The largest absolute Gasteiger partial charge is 0.493 e. The molecule has 24 heavy (non-hydrogen) atoms. The van der Waals surface area contributed by atoms with Crippen LogP contribution in [0.25, 0.3) is 10.9 Å². The van der Waals surface area contributed by atoms with Crippen LogP contribution in [0, 0.1) is 11.3 Å². The van der Waals surface area contributed by atoms with Crippen molar-refractivity contribution in [3.05, 3.63) is 71.2 Å². The minimum absolute atomic E-state index is 0.116. The van der Waals surface area contributed by atoms with E-state index in [-0.39, 0.29) is 11.8 Å². The Kier molecular flexibility index (Phi) is 3.17. The van der Waals surface area contributed by atoms with Gasteiger partial charge in [-0.1, -0.05) is 30.3 Å². The van der Waals surface area contributed by atoms with E-state index in [0.717, 1.165) is 22.0 Å². The summed E-state index contributed by atoms with van der Waals surface area (Å²) in [6.45, 7) is 0. The van der Waals surface area contributed by atoms with Gasteiger partial charge in [0.05, 0.1) is 13.0 Å². The van der Waals surface area contributed by atoms with Gasteiger partial charge in [0.15, 0.2) is 11.5 Å². The fourth-order valence-corrected chi connectivity index (χ4v) is 3.27. The molecular weight excluding hydrogens is 302 g/mol. The first-order valence-corrected chi connectivity index (χ1v) is 7.55. The Morgan fingerprint density at radius 2 is 2.00 bits per heavy atom. The van der Waals surface area contributed by atoms with Crippen LogP contribution in [0.15, 0.2) is 60.1 Å². The van der Waals surface area contributed by atoms with Gasteiger partial charge in [-0.15, -0.1) is 0 Å². The molecule has 3 aromatic rings. The first-order valence-electron chi connectivity index (χ1n) is 7.55. The highest BCUT2D eigenvalue weighted by Gasteiger charge is 2.33. The van der Waals surface area contributed by atoms with E-state index in [2.05, 4.69) is 11.1 Å². The van der Waals surface area contributed by atoms with Gasteiger partial charge in [-0.2, -0.15) is 5.26 Å². The molecule has 0 spiro atoms. The second-order valence-corrected chi connectivity index (χ2v) is 5.59.